The molecule has 0 radical (unpaired) electrons. The van der Waals surface area contributed by atoms with E-state index in [1.54, 1.807) is 12.4 Å². The van der Waals surface area contributed by atoms with E-state index in [0.29, 0.717) is 5.56 Å². The third-order valence-corrected chi connectivity index (χ3v) is 5.94. The van der Waals surface area contributed by atoms with Crippen LogP contribution in [0.1, 0.15) is 42.3 Å². The number of carbonyl (C=O) groups is 1. The van der Waals surface area contributed by atoms with Gasteiger partial charge < -0.3 is 10.6 Å². The van der Waals surface area contributed by atoms with E-state index in [1.807, 2.05) is 66.9 Å². The molecule has 0 saturated carbocycles. The van der Waals surface area contributed by atoms with Gasteiger partial charge >= 0.3 is 0 Å². The molecular weight excluding hydrogens is 416 g/mol. The monoisotopic (exact) mass is 442 g/mol. The van der Waals surface area contributed by atoms with Crippen molar-refractivity contribution in [1.29, 1.82) is 0 Å². The number of aromatic nitrogens is 2. The van der Waals surface area contributed by atoms with Crippen molar-refractivity contribution in [2.45, 2.75) is 33.1 Å². The highest BCUT2D eigenvalue weighted by Crippen LogP contribution is 2.30. The minimum Gasteiger partial charge on any atom is -0.331 e. The Balaban J connectivity index is 1.54. The van der Waals surface area contributed by atoms with Crippen molar-refractivity contribution in [1.82, 2.24) is 9.97 Å². The first-order valence-corrected chi connectivity index (χ1v) is 11.3. The standard InChI is InChI=1S/C26H26N4OS/c1-17-11-12-19(28-24(31)20-9-5-6-10-21(20)26(2,3)4)14-22(17)29-25-30-23(16-32-25)18-8-7-13-27-15-18/h5-16H,1-4H3,(H,28,31)(H,29,30). The molecule has 6 heteroatoms. The molecule has 0 bridgehead atoms. The molecule has 32 heavy (non-hydrogen) atoms. The van der Waals surface area contributed by atoms with Gasteiger partial charge in [0.05, 0.1) is 5.69 Å². The van der Waals surface area contributed by atoms with E-state index in [2.05, 4.69) is 41.4 Å². The zero-order valence-corrected chi connectivity index (χ0v) is 19.5. The molecule has 0 unspecified atom stereocenters. The zero-order valence-electron chi connectivity index (χ0n) is 18.6. The van der Waals surface area contributed by atoms with Gasteiger partial charge in [0.25, 0.3) is 5.91 Å². The Morgan fingerprint density at radius 3 is 2.59 bits per heavy atom. The predicted octanol–water partition coefficient (Wildman–Crippen LogP) is 6.81. The highest BCUT2D eigenvalue weighted by atomic mass is 32.1. The molecule has 0 atom stereocenters. The van der Waals surface area contributed by atoms with Crippen molar-refractivity contribution in [2.24, 2.45) is 0 Å². The summed E-state index contributed by atoms with van der Waals surface area (Å²) in [6.07, 6.45) is 3.55. The van der Waals surface area contributed by atoms with Crippen molar-refractivity contribution in [2.75, 3.05) is 10.6 Å². The van der Waals surface area contributed by atoms with Crippen LogP contribution >= 0.6 is 11.3 Å². The number of rotatable bonds is 5. The van der Waals surface area contributed by atoms with Gasteiger partial charge in [-0.05, 0) is 53.8 Å². The first-order valence-electron chi connectivity index (χ1n) is 10.5. The maximum atomic E-state index is 13.0. The van der Waals surface area contributed by atoms with E-state index in [-0.39, 0.29) is 11.3 Å². The lowest BCUT2D eigenvalue weighted by Gasteiger charge is -2.22. The number of pyridine rings is 1. The second-order valence-corrected chi connectivity index (χ2v) is 9.54. The number of nitrogens with zero attached hydrogens (tertiary/aromatic N) is 2. The fourth-order valence-corrected chi connectivity index (χ4v) is 4.19. The van der Waals surface area contributed by atoms with E-state index >= 15 is 0 Å². The third kappa shape index (κ3) is 4.86. The number of hydrogen-bond acceptors (Lipinski definition) is 5. The Kier molecular flexibility index (Phi) is 6.06. The van der Waals surface area contributed by atoms with Gasteiger partial charge in [-0.3, -0.25) is 9.78 Å². The van der Waals surface area contributed by atoms with Crippen molar-refractivity contribution in [3.63, 3.8) is 0 Å². The van der Waals surface area contributed by atoms with Crippen LogP contribution in [-0.2, 0) is 5.41 Å². The van der Waals surface area contributed by atoms with Crippen LogP contribution in [0.3, 0.4) is 0 Å². The van der Waals surface area contributed by atoms with Crippen LogP contribution < -0.4 is 10.6 Å². The molecule has 2 aromatic heterocycles. The van der Waals surface area contributed by atoms with Crippen molar-refractivity contribution in [3.8, 4) is 11.3 Å². The Morgan fingerprint density at radius 1 is 1.03 bits per heavy atom. The Labute approximate surface area is 192 Å². The molecule has 2 heterocycles. The largest absolute Gasteiger partial charge is 0.331 e. The molecule has 4 aromatic rings. The molecule has 2 aromatic carbocycles. The van der Waals surface area contributed by atoms with Crippen LogP contribution in [0.15, 0.2) is 72.4 Å². The molecule has 5 nitrogen and oxygen atoms in total. The lowest BCUT2D eigenvalue weighted by atomic mass is 9.83. The summed E-state index contributed by atoms with van der Waals surface area (Å²) in [5.41, 5.74) is 6.15. The number of nitrogens with one attached hydrogen (secondary N) is 2. The number of hydrogen-bond donors (Lipinski definition) is 2. The highest BCUT2D eigenvalue weighted by molar-refractivity contribution is 7.14. The predicted molar refractivity (Wildman–Crippen MR) is 133 cm³/mol. The molecule has 162 valence electrons. The quantitative estimate of drug-likeness (QED) is 0.356. The van der Waals surface area contributed by atoms with Crippen LogP contribution in [0.2, 0.25) is 0 Å². The summed E-state index contributed by atoms with van der Waals surface area (Å²) in [6.45, 7) is 8.36. The summed E-state index contributed by atoms with van der Waals surface area (Å²) in [5.74, 6) is -0.113. The van der Waals surface area contributed by atoms with Crippen LogP contribution in [-0.4, -0.2) is 15.9 Å². The van der Waals surface area contributed by atoms with E-state index < -0.39 is 0 Å². The summed E-state index contributed by atoms with van der Waals surface area (Å²) in [4.78, 5) is 21.9. The van der Waals surface area contributed by atoms with E-state index in [0.717, 1.165) is 38.9 Å². The van der Waals surface area contributed by atoms with Gasteiger partial charge in [-0.2, -0.15) is 0 Å². The van der Waals surface area contributed by atoms with Gasteiger partial charge in [0.15, 0.2) is 5.13 Å². The van der Waals surface area contributed by atoms with E-state index in [9.17, 15) is 4.79 Å². The van der Waals surface area contributed by atoms with Gasteiger partial charge in [0.2, 0.25) is 0 Å². The van der Waals surface area contributed by atoms with Crippen molar-refractivity contribution >= 4 is 33.8 Å². The Bertz CT molecular complexity index is 1240. The Hall–Kier alpha value is -3.51. The number of aryl methyl sites for hydroxylation is 1. The SMILES string of the molecule is Cc1ccc(NC(=O)c2ccccc2C(C)(C)C)cc1Nc1nc(-c2cccnc2)cs1. The minimum atomic E-state index is -0.120. The fraction of sp³-hybridized carbons (Fsp3) is 0.192. The average Bonchev–Trinajstić information content (AvgIpc) is 3.25. The maximum absolute atomic E-state index is 13.0. The number of benzene rings is 2. The highest BCUT2D eigenvalue weighted by Gasteiger charge is 2.21. The van der Waals surface area contributed by atoms with Crippen LogP contribution in [0.25, 0.3) is 11.3 Å². The molecule has 0 aliphatic heterocycles. The number of thiazole rings is 1. The lowest BCUT2D eigenvalue weighted by Crippen LogP contribution is -2.20. The van der Waals surface area contributed by atoms with Crippen molar-refractivity contribution in [3.05, 3.63) is 89.1 Å². The minimum absolute atomic E-state index is 0.113. The van der Waals surface area contributed by atoms with Crippen LogP contribution in [0, 0.1) is 6.92 Å². The molecular formula is C26H26N4OS. The van der Waals surface area contributed by atoms with Crippen LogP contribution in [0.4, 0.5) is 16.5 Å². The normalized spacial score (nSPS) is 11.2. The summed E-state index contributed by atoms with van der Waals surface area (Å²) >= 11 is 1.53. The molecule has 0 fully saturated rings. The van der Waals surface area contributed by atoms with Gasteiger partial charge in [-0.25, -0.2) is 4.98 Å². The first kappa shape index (κ1) is 21.7. The number of carbonyl (C=O) groups excluding carboxylic acids is 1. The summed E-state index contributed by atoms with van der Waals surface area (Å²) < 4.78 is 0. The first-order chi connectivity index (χ1) is 15.3. The fourth-order valence-electron chi connectivity index (χ4n) is 3.46. The smallest absolute Gasteiger partial charge is 0.255 e. The second kappa shape index (κ2) is 8.93. The average molecular weight is 443 g/mol. The lowest BCUT2D eigenvalue weighted by molar-refractivity contribution is 0.102. The van der Waals surface area contributed by atoms with E-state index in [4.69, 9.17) is 0 Å². The molecule has 0 spiro atoms. The summed E-state index contributed by atoms with van der Waals surface area (Å²) in [6, 6.07) is 17.5. The third-order valence-electron chi connectivity index (χ3n) is 5.18. The second-order valence-electron chi connectivity index (χ2n) is 8.68. The zero-order chi connectivity index (χ0) is 22.7. The molecule has 0 aliphatic rings. The topological polar surface area (TPSA) is 66.9 Å². The number of amides is 1. The summed E-state index contributed by atoms with van der Waals surface area (Å²) in [5, 5.41) is 9.23. The maximum Gasteiger partial charge on any atom is 0.255 e. The van der Waals surface area contributed by atoms with Gasteiger partial charge in [0, 0.05) is 40.3 Å². The summed E-state index contributed by atoms with van der Waals surface area (Å²) in [7, 11) is 0. The molecule has 0 saturated heterocycles. The number of anilines is 3. The van der Waals surface area contributed by atoms with Crippen molar-refractivity contribution < 1.29 is 4.79 Å². The van der Waals surface area contributed by atoms with E-state index in [1.165, 1.54) is 11.3 Å². The van der Waals surface area contributed by atoms with Crippen LogP contribution in [0.5, 0.6) is 0 Å². The van der Waals surface area contributed by atoms with Gasteiger partial charge in [-0.1, -0.05) is 45.0 Å². The molecule has 2 N–H and O–H groups in total. The van der Waals surface area contributed by atoms with Gasteiger partial charge in [0.1, 0.15) is 0 Å². The molecule has 4 rings (SSSR count). The molecule has 0 aliphatic carbocycles. The molecule has 1 amide bonds. The van der Waals surface area contributed by atoms with Gasteiger partial charge in [-0.15, -0.1) is 11.3 Å². The Morgan fingerprint density at radius 2 is 1.84 bits per heavy atom.